The van der Waals surface area contributed by atoms with Crippen LogP contribution in [0.3, 0.4) is 0 Å². The fourth-order valence-corrected chi connectivity index (χ4v) is 3.29. The van der Waals surface area contributed by atoms with Crippen LogP contribution in [0, 0.1) is 0 Å². The predicted molar refractivity (Wildman–Crippen MR) is 106 cm³/mol. The molecule has 28 heavy (non-hydrogen) atoms. The molecular formula is C20H29N5O3. The minimum Gasteiger partial charge on any atom is -0.493 e. The lowest BCUT2D eigenvalue weighted by Gasteiger charge is -2.29. The van der Waals surface area contributed by atoms with Crippen molar-refractivity contribution in [3.63, 3.8) is 0 Å². The standard InChI is InChI=1S/C20H29N5O3/c1-4-9-25-14-22-23-19(25)13-21-20(26)15-5-6-17(18(12-15)27-3)28-16-7-10-24(2)11-8-16/h5-6,12,14,16H,4,7-11,13H2,1-3H3,(H,21,26). The van der Waals surface area contributed by atoms with Crippen molar-refractivity contribution in [2.45, 2.75) is 45.4 Å². The smallest absolute Gasteiger partial charge is 0.251 e. The predicted octanol–water partition coefficient (Wildman–Crippen LogP) is 2.10. The van der Waals surface area contributed by atoms with E-state index in [4.69, 9.17) is 9.47 Å². The van der Waals surface area contributed by atoms with E-state index in [9.17, 15) is 4.79 Å². The first-order valence-corrected chi connectivity index (χ1v) is 9.78. The second-order valence-electron chi connectivity index (χ2n) is 7.11. The number of likely N-dealkylation sites (tertiary alicyclic amines) is 1. The first kappa shape index (κ1) is 20.1. The van der Waals surface area contributed by atoms with E-state index in [2.05, 4.69) is 34.4 Å². The largest absolute Gasteiger partial charge is 0.493 e. The second kappa shape index (κ2) is 9.54. The number of methoxy groups -OCH3 is 1. The van der Waals surface area contributed by atoms with Gasteiger partial charge in [-0.1, -0.05) is 6.92 Å². The molecule has 1 fully saturated rings. The van der Waals surface area contributed by atoms with Gasteiger partial charge in [-0.15, -0.1) is 10.2 Å². The topological polar surface area (TPSA) is 81.5 Å². The number of nitrogens with zero attached hydrogens (tertiary/aromatic N) is 4. The van der Waals surface area contributed by atoms with E-state index in [1.54, 1.807) is 25.6 Å². The third-order valence-corrected chi connectivity index (χ3v) is 4.95. The van der Waals surface area contributed by atoms with Crippen molar-refractivity contribution in [2.24, 2.45) is 0 Å². The molecule has 8 nitrogen and oxygen atoms in total. The lowest BCUT2D eigenvalue weighted by atomic mass is 10.1. The number of piperidine rings is 1. The average Bonchev–Trinajstić information content (AvgIpc) is 3.15. The van der Waals surface area contributed by atoms with Gasteiger partial charge in [0.1, 0.15) is 12.4 Å². The molecule has 1 amide bonds. The van der Waals surface area contributed by atoms with Gasteiger partial charge in [0.25, 0.3) is 5.91 Å². The molecule has 0 spiro atoms. The number of amides is 1. The number of nitrogens with one attached hydrogen (secondary N) is 1. The molecule has 152 valence electrons. The van der Waals surface area contributed by atoms with Crippen molar-refractivity contribution in [1.82, 2.24) is 25.0 Å². The van der Waals surface area contributed by atoms with Crippen molar-refractivity contribution in [3.05, 3.63) is 35.9 Å². The van der Waals surface area contributed by atoms with E-state index in [-0.39, 0.29) is 12.0 Å². The third kappa shape index (κ3) is 5.01. The maximum absolute atomic E-state index is 12.5. The zero-order valence-electron chi connectivity index (χ0n) is 16.9. The van der Waals surface area contributed by atoms with Crippen LogP contribution in [-0.2, 0) is 13.1 Å². The minimum atomic E-state index is -0.185. The second-order valence-corrected chi connectivity index (χ2v) is 7.11. The number of carbonyl (C=O) groups is 1. The Morgan fingerprint density at radius 2 is 2.07 bits per heavy atom. The first-order chi connectivity index (χ1) is 13.6. The highest BCUT2D eigenvalue weighted by molar-refractivity contribution is 5.94. The van der Waals surface area contributed by atoms with Crippen LogP contribution < -0.4 is 14.8 Å². The fourth-order valence-electron chi connectivity index (χ4n) is 3.29. The van der Waals surface area contributed by atoms with E-state index < -0.39 is 0 Å². The first-order valence-electron chi connectivity index (χ1n) is 9.78. The van der Waals surface area contributed by atoms with Gasteiger partial charge < -0.3 is 24.3 Å². The molecule has 1 aromatic heterocycles. The van der Waals surface area contributed by atoms with Crippen LogP contribution in [0.4, 0.5) is 0 Å². The number of rotatable bonds is 8. The van der Waals surface area contributed by atoms with Gasteiger partial charge in [0.05, 0.1) is 13.7 Å². The van der Waals surface area contributed by atoms with E-state index >= 15 is 0 Å². The Morgan fingerprint density at radius 3 is 2.79 bits per heavy atom. The molecule has 2 aromatic rings. The van der Waals surface area contributed by atoms with Gasteiger partial charge in [0.2, 0.25) is 0 Å². The Balaban J connectivity index is 1.62. The molecule has 1 saturated heterocycles. The molecule has 0 aliphatic carbocycles. The lowest BCUT2D eigenvalue weighted by molar-refractivity contribution is 0.0948. The zero-order chi connectivity index (χ0) is 19.9. The average molecular weight is 387 g/mol. The highest BCUT2D eigenvalue weighted by atomic mass is 16.5. The Labute approximate surface area is 165 Å². The molecule has 2 heterocycles. The summed E-state index contributed by atoms with van der Waals surface area (Å²) in [4.78, 5) is 14.8. The Bertz CT molecular complexity index is 784. The van der Waals surface area contributed by atoms with Gasteiger partial charge in [-0.05, 0) is 44.5 Å². The molecule has 0 unspecified atom stereocenters. The number of aromatic nitrogens is 3. The van der Waals surface area contributed by atoms with Crippen molar-refractivity contribution in [2.75, 3.05) is 27.2 Å². The molecule has 8 heteroatoms. The van der Waals surface area contributed by atoms with E-state index in [0.29, 0.717) is 23.6 Å². The summed E-state index contributed by atoms with van der Waals surface area (Å²) in [6.45, 7) is 5.29. The van der Waals surface area contributed by atoms with Gasteiger partial charge in [0, 0.05) is 25.2 Å². The summed E-state index contributed by atoms with van der Waals surface area (Å²) in [5.41, 5.74) is 0.522. The zero-order valence-corrected chi connectivity index (χ0v) is 16.9. The molecular weight excluding hydrogens is 358 g/mol. The number of benzene rings is 1. The summed E-state index contributed by atoms with van der Waals surface area (Å²) >= 11 is 0. The van der Waals surface area contributed by atoms with Crippen LogP contribution in [0.25, 0.3) is 0 Å². The van der Waals surface area contributed by atoms with E-state index in [1.807, 2.05) is 10.6 Å². The molecule has 1 N–H and O–H groups in total. The fraction of sp³-hybridized carbons (Fsp3) is 0.550. The number of aryl methyl sites for hydroxylation is 1. The molecule has 0 saturated carbocycles. The number of hydrogen-bond acceptors (Lipinski definition) is 6. The Morgan fingerprint density at radius 1 is 1.29 bits per heavy atom. The van der Waals surface area contributed by atoms with Gasteiger partial charge in [-0.2, -0.15) is 0 Å². The Hall–Kier alpha value is -2.61. The number of hydrogen-bond donors (Lipinski definition) is 1. The SMILES string of the molecule is CCCn1cnnc1CNC(=O)c1ccc(OC2CCN(C)CC2)c(OC)c1. The molecule has 0 radical (unpaired) electrons. The van der Waals surface area contributed by atoms with Crippen molar-refractivity contribution in [3.8, 4) is 11.5 Å². The number of ether oxygens (including phenoxy) is 2. The third-order valence-electron chi connectivity index (χ3n) is 4.95. The van der Waals surface area contributed by atoms with Crippen molar-refractivity contribution < 1.29 is 14.3 Å². The lowest BCUT2D eigenvalue weighted by Crippen LogP contribution is -2.35. The van der Waals surface area contributed by atoms with Crippen LogP contribution in [0.5, 0.6) is 11.5 Å². The highest BCUT2D eigenvalue weighted by Crippen LogP contribution is 2.30. The van der Waals surface area contributed by atoms with Crippen LogP contribution in [0.2, 0.25) is 0 Å². The summed E-state index contributed by atoms with van der Waals surface area (Å²) in [6, 6.07) is 5.29. The maximum Gasteiger partial charge on any atom is 0.251 e. The normalized spacial score (nSPS) is 15.4. The van der Waals surface area contributed by atoms with E-state index in [1.165, 1.54) is 0 Å². The van der Waals surface area contributed by atoms with Gasteiger partial charge in [0.15, 0.2) is 17.3 Å². The quantitative estimate of drug-likeness (QED) is 0.747. The summed E-state index contributed by atoms with van der Waals surface area (Å²) in [5.74, 6) is 1.80. The summed E-state index contributed by atoms with van der Waals surface area (Å²) in [7, 11) is 3.71. The molecule has 1 aromatic carbocycles. The number of carbonyl (C=O) groups excluding carboxylic acids is 1. The van der Waals surface area contributed by atoms with Gasteiger partial charge in [-0.3, -0.25) is 4.79 Å². The molecule has 0 atom stereocenters. The van der Waals surface area contributed by atoms with Crippen LogP contribution in [0.15, 0.2) is 24.5 Å². The summed E-state index contributed by atoms with van der Waals surface area (Å²) in [5, 5.41) is 10.9. The van der Waals surface area contributed by atoms with Crippen LogP contribution >= 0.6 is 0 Å². The van der Waals surface area contributed by atoms with Gasteiger partial charge in [-0.25, -0.2) is 0 Å². The van der Waals surface area contributed by atoms with Crippen molar-refractivity contribution >= 4 is 5.91 Å². The molecule has 1 aliphatic rings. The monoisotopic (exact) mass is 387 g/mol. The molecule has 3 rings (SSSR count). The summed E-state index contributed by atoms with van der Waals surface area (Å²) in [6.07, 6.45) is 4.81. The van der Waals surface area contributed by atoms with Crippen molar-refractivity contribution in [1.29, 1.82) is 0 Å². The van der Waals surface area contributed by atoms with Gasteiger partial charge >= 0.3 is 0 Å². The molecule has 1 aliphatic heterocycles. The highest BCUT2D eigenvalue weighted by Gasteiger charge is 2.20. The van der Waals surface area contributed by atoms with E-state index in [0.717, 1.165) is 44.7 Å². The minimum absolute atomic E-state index is 0.176. The molecule has 0 bridgehead atoms. The van der Waals surface area contributed by atoms with Crippen LogP contribution in [-0.4, -0.2) is 58.9 Å². The Kier molecular flexibility index (Phi) is 6.86. The summed E-state index contributed by atoms with van der Waals surface area (Å²) < 4.78 is 13.5. The maximum atomic E-state index is 12.5. The van der Waals surface area contributed by atoms with Crippen LogP contribution in [0.1, 0.15) is 42.4 Å².